The second-order valence-corrected chi connectivity index (χ2v) is 6.56. The van der Waals surface area contributed by atoms with Crippen LogP contribution in [0.4, 0.5) is 0 Å². The number of likely N-dealkylation sites (N-methyl/N-ethyl adjacent to an activating group) is 1. The van der Waals surface area contributed by atoms with Crippen LogP contribution in [0.25, 0.3) is 6.08 Å². The smallest absolute Gasteiger partial charge is 0.243 e. The predicted molar refractivity (Wildman–Crippen MR) is 108 cm³/mol. The van der Waals surface area contributed by atoms with Gasteiger partial charge in [0.05, 0.1) is 0 Å². The average molecular weight is 358 g/mol. The Kier molecular flexibility index (Phi) is 8.15. The zero-order valence-corrected chi connectivity index (χ0v) is 16.2. The minimum Gasteiger partial charge on any atom is -0.357 e. The van der Waals surface area contributed by atoms with E-state index in [2.05, 4.69) is 56.5 Å². The normalized spacial score (nSPS) is 16.1. The third-order valence-electron chi connectivity index (χ3n) is 4.34. The molecular weight excluding hydrogens is 326 g/mol. The molecule has 1 N–H and O–H groups in total. The van der Waals surface area contributed by atoms with Gasteiger partial charge in [0.1, 0.15) is 6.54 Å². The fraction of sp³-hybridized carbons (Fsp3) is 0.500. The van der Waals surface area contributed by atoms with E-state index >= 15 is 0 Å². The number of carbonyl (C=O) groups is 1. The Morgan fingerprint density at radius 1 is 1.19 bits per heavy atom. The van der Waals surface area contributed by atoms with Gasteiger partial charge in [0.25, 0.3) is 0 Å². The highest BCUT2D eigenvalue weighted by molar-refractivity contribution is 5.84. The molecule has 6 heteroatoms. The molecule has 0 saturated carbocycles. The number of amides is 1. The van der Waals surface area contributed by atoms with Gasteiger partial charge in [-0.3, -0.25) is 9.69 Å². The summed E-state index contributed by atoms with van der Waals surface area (Å²) in [6, 6.07) is 10.4. The summed E-state index contributed by atoms with van der Waals surface area (Å²) in [4.78, 5) is 22.5. The van der Waals surface area contributed by atoms with Crippen LogP contribution in [0.2, 0.25) is 0 Å². The number of hydrogen-bond acceptors (Lipinski definition) is 3. The molecule has 6 nitrogen and oxygen atoms in total. The van der Waals surface area contributed by atoms with E-state index in [1.165, 1.54) is 5.56 Å². The lowest BCUT2D eigenvalue weighted by Gasteiger charge is -2.36. The fourth-order valence-electron chi connectivity index (χ4n) is 2.75. The molecule has 1 saturated heterocycles. The molecule has 2 rings (SSSR count). The maximum absolute atomic E-state index is 11.8. The summed E-state index contributed by atoms with van der Waals surface area (Å²) in [6.07, 6.45) is 4.39. The summed E-state index contributed by atoms with van der Waals surface area (Å²) in [5.74, 6) is 0.854. The van der Waals surface area contributed by atoms with Gasteiger partial charge >= 0.3 is 0 Å². The molecule has 142 valence electrons. The van der Waals surface area contributed by atoms with E-state index in [0.29, 0.717) is 0 Å². The van der Waals surface area contributed by atoms with Crippen LogP contribution in [0.5, 0.6) is 0 Å². The van der Waals surface area contributed by atoms with Crippen LogP contribution >= 0.6 is 0 Å². The van der Waals surface area contributed by atoms with Gasteiger partial charge in [0.2, 0.25) is 5.91 Å². The summed E-state index contributed by atoms with van der Waals surface area (Å²) in [7, 11) is 3.51. The number of guanidine groups is 1. The van der Waals surface area contributed by atoms with Crippen molar-refractivity contribution in [3.8, 4) is 0 Å². The van der Waals surface area contributed by atoms with E-state index in [1.54, 1.807) is 19.0 Å². The van der Waals surface area contributed by atoms with Crippen molar-refractivity contribution in [2.24, 2.45) is 4.99 Å². The van der Waals surface area contributed by atoms with Crippen molar-refractivity contribution >= 4 is 17.9 Å². The van der Waals surface area contributed by atoms with Crippen LogP contribution in [0.15, 0.2) is 41.4 Å². The van der Waals surface area contributed by atoms with Gasteiger partial charge in [0, 0.05) is 53.4 Å². The van der Waals surface area contributed by atoms with E-state index in [9.17, 15) is 4.79 Å². The zero-order valence-electron chi connectivity index (χ0n) is 16.2. The molecule has 0 spiro atoms. The number of rotatable bonds is 6. The molecule has 0 radical (unpaired) electrons. The van der Waals surface area contributed by atoms with Crippen molar-refractivity contribution < 1.29 is 4.79 Å². The number of aliphatic imine (C=N–C) groups is 1. The third kappa shape index (κ3) is 6.52. The van der Waals surface area contributed by atoms with Crippen molar-refractivity contribution in [3.05, 3.63) is 42.0 Å². The summed E-state index contributed by atoms with van der Waals surface area (Å²) >= 11 is 0. The first-order chi connectivity index (χ1) is 12.6. The minimum atomic E-state index is 0.0186. The van der Waals surface area contributed by atoms with E-state index < -0.39 is 0 Å². The van der Waals surface area contributed by atoms with Crippen LogP contribution in [-0.2, 0) is 4.79 Å². The first-order valence-corrected chi connectivity index (χ1v) is 9.27. The highest BCUT2D eigenvalue weighted by Gasteiger charge is 2.19. The molecular formula is C20H31N5O. The van der Waals surface area contributed by atoms with Gasteiger partial charge in [0.15, 0.2) is 5.96 Å². The fourth-order valence-corrected chi connectivity index (χ4v) is 2.75. The van der Waals surface area contributed by atoms with Gasteiger partial charge in [-0.1, -0.05) is 42.5 Å². The summed E-state index contributed by atoms with van der Waals surface area (Å²) in [5.41, 5.74) is 1.23. The lowest BCUT2D eigenvalue weighted by Crippen LogP contribution is -2.52. The van der Waals surface area contributed by atoms with E-state index in [0.717, 1.165) is 45.2 Å². The second-order valence-electron chi connectivity index (χ2n) is 6.56. The molecule has 1 aromatic carbocycles. The molecule has 1 aromatic rings. The Morgan fingerprint density at radius 3 is 2.50 bits per heavy atom. The Hall–Kier alpha value is -2.34. The Morgan fingerprint density at radius 2 is 1.88 bits per heavy atom. The second kappa shape index (κ2) is 10.6. The van der Waals surface area contributed by atoms with Crippen LogP contribution in [0.3, 0.4) is 0 Å². The lowest BCUT2D eigenvalue weighted by molar-refractivity contribution is -0.127. The largest absolute Gasteiger partial charge is 0.357 e. The molecule has 0 aromatic heterocycles. The molecule has 0 atom stereocenters. The van der Waals surface area contributed by atoms with Crippen LogP contribution in [-0.4, -0.2) is 86.5 Å². The van der Waals surface area contributed by atoms with Gasteiger partial charge < -0.3 is 15.1 Å². The highest BCUT2D eigenvalue weighted by atomic mass is 16.2. The van der Waals surface area contributed by atoms with Gasteiger partial charge in [-0.2, -0.15) is 0 Å². The Labute approximate surface area is 157 Å². The lowest BCUT2D eigenvalue weighted by atomic mass is 10.2. The third-order valence-corrected chi connectivity index (χ3v) is 4.34. The molecule has 1 fully saturated rings. The first kappa shape index (κ1) is 20.0. The van der Waals surface area contributed by atoms with Crippen LogP contribution < -0.4 is 5.32 Å². The molecule has 1 aliphatic heterocycles. The summed E-state index contributed by atoms with van der Waals surface area (Å²) in [5, 5.41) is 3.30. The van der Waals surface area contributed by atoms with Gasteiger partial charge in [-0.15, -0.1) is 0 Å². The van der Waals surface area contributed by atoms with Gasteiger partial charge in [-0.05, 0) is 12.5 Å². The van der Waals surface area contributed by atoms with Gasteiger partial charge in [-0.25, -0.2) is 4.99 Å². The quantitative estimate of drug-likeness (QED) is 0.617. The van der Waals surface area contributed by atoms with E-state index in [4.69, 9.17) is 0 Å². The minimum absolute atomic E-state index is 0.0186. The van der Waals surface area contributed by atoms with Crippen molar-refractivity contribution in [1.82, 2.24) is 20.0 Å². The standard InChI is InChI=1S/C20H31N5O/c1-4-21-20(22-17-19(26)23(2)3)25-15-13-24(14-16-25)12-8-11-18-9-6-5-7-10-18/h5-11H,4,12-17H2,1-3H3,(H,21,22)/b11-8+. The number of nitrogens with one attached hydrogen (secondary N) is 1. The van der Waals surface area contributed by atoms with E-state index in [1.807, 2.05) is 13.0 Å². The summed E-state index contributed by atoms with van der Waals surface area (Å²) < 4.78 is 0. The van der Waals surface area contributed by atoms with Crippen molar-refractivity contribution in [2.45, 2.75) is 6.92 Å². The average Bonchev–Trinajstić information content (AvgIpc) is 2.66. The number of benzene rings is 1. The maximum atomic E-state index is 11.8. The zero-order chi connectivity index (χ0) is 18.8. The monoisotopic (exact) mass is 357 g/mol. The summed E-state index contributed by atoms with van der Waals surface area (Å²) in [6.45, 7) is 7.81. The Bertz CT molecular complexity index is 604. The topological polar surface area (TPSA) is 51.2 Å². The SMILES string of the molecule is CCNC(=NCC(=O)N(C)C)N1CCN(C/C=C/c2ccccc2)CC1. The molecule has 0 unspecified atom stereocenters. The molecule has 26 heavy (non-hydrogen) atoms. The van der Waals surface area contributed by atoms with Crippen LogP contribution in [0, 0.1) is 0 Å². The molecule has 1 aliphatic rings. The molecule has 1 amide bonds. The van der Waals surface area contributed by atoms with Crippen molar-refractivity contribution in [3.63, 3.8) is 0 Å². The first-order valence-electron chi connectivity index (χ1n) is 9.27. The number of nitrogens with zero attached hydrogens (tertiary/aromatic N) is 4. The molecule has 0 aliphatic carbocycles. The maximum Gasteiger partial charge on any atom is 0.243 e. The number of piperazine rings is 1. The molecule has 1 heterocycles. The molecule has 0 bridgehead atoms. The number of carbonyl (C=O) groups excluding carboxylic acids is 1. The van der Waals surface area contributed by atoms with Crippen LogP contribution in [0.1, 0.15) is 12.5 Å². The Balaban J connectivity index is 1.82. The van der Waals surface area contributed by atoms with E-state index in [-0.39, 0.29) is 12.5 Å². The predicted octanol–water partition coefficient (Wildman–Crippen LogP) is 1.37. The van der Waals surface area contributed by atoms with Crippen molar-refractivity contribution in [2.75, 3.05) is 59.9 Å². The highest BCUT2D eigenvalue weighted by Crippen LogP contribution is 2.05. The number of hydrogen-bond donors (Lipinski definition) is 1. The van der Waals surface area contributed by atoms with Crippen molar-refractivity contribution in [1.29, 1.82) is 0 Å².